The molecule has 0 spiro atoms. The van der Waals surface area contributed by atoms with Crippen molar-refractivity contribution >= 4 is 11.8 Å². The van der Waals surface area contributed by atoms with Gasteiger partial charge in [-0.15, -0.1) is 0 Å². The number of carbonyl (C=O) groups is 2. The minimum Gasteiger partial charge on any atom is -0.341 e. The summed E-state index contributed by atoms with van der Waals surface area (Å²) >= 11 is 0. The van der Waals surface area contributed by atoms with Crippen LogP contribution in [-0.4, -0.2) is 57.6 Å². The van der Waals surface area contributed by atoms with Crippen LogP contribution in [0.1, 0.15) is 49.7 Å². The second-order valence-electron chi connectivity index (χ2n) is 9.51. The Morgan fingerprint density at radius 3 is 2.61 bits per heavy atom. The molecule has 6 nitrogen and oxygen atoms in total. The van der Waals surface area contributed by atoms with Gasteiger partial charge in [0.15, 0.2) is 0 Å². The minimum atomic E-state index is 0.0724. The molecule has 2 aromatic rings. The number of aromatic nitrogens is 2. The standard InChI is InChI=1S/C27H36N4O2/c1-21-9-6-7-12-24(21)19-25(29(2)26(32)20-31-16-8-15-28-31)22-13-17-30(18-14-22)27(33)23-10-4-3-5-11-23/h6-10,12,15-16,22,25H,3-5,11,13-14,17-20H2,1-2H3/t25-/m0/s1. The summed E-state index contributed by atoms with van der Waals surface area (Å²) in [6.45, 7) is 3.93. The third kappa shape index (κ3) is 5.73. The molecule has 4 rings (SSSR count). The Morgan fingerprint density at radius 2 is 1.94 bits per heavy atom. The minimum absolute atomic E-state index is 0.0724. The van der Waals surface area contributed by atoms with Gasteiger partial charge in [0, 0.05) is 44.1 Å². The smallest absolute Gasteiger partial charge is 0.249 e. The molecule has 1 aromatic carbocycles. The molecule has 1 saturated heterocycles. The number of carbonyl (C=O) groups excluding carboxylic acids is 2. The molecule has 1 atom stereocenters. The van der Waals surface area contributed by atoms with E-state index in [0.717, 1.165) is 57.2 Å². The predicted molar refractivity (Wildman–Crippen MR) is 130 cm³/mol. The van der Waals surface area contributed by atoms with Crippen LogP contribution in [0.5, 0.6) is 0 Å². The first kappa shape index (κ1) is 23.3. The van der Waals surface area contributed by atoms with E-state index in [2.05, 4.69) is 42.4 Å². The summed E-state index contributed by atoms with van der Waals surface area (Å²) in [6, 6.07) is 10.4. The van der Waals surface area contributed by atoms with Crippen molar-refractivity contribution in [3.05, 3.63) is 65.5 Å². The number of nitrogens with zero attached hydrogens (tertiary/aromatic N) is 4. The van der Waals surface area contributed by atoms with Gasteiger partial charge in [-0.2, -0.15) is 5.10 Å². The molecule has 1 aromatic heterocycles. The van der Waals surface area contributed by atoms with Crippen LogP contribution in [0.2, 0.25) is 0 Å². The molecule has 1 aliphatic carbocycles. The maximum absolute atomic E-state index is 13.1. The first-order chi connectivity index (χ1) is 16.0. The molecule has 1 aliphatic heterocycles. The van der Waals surface area contributed by atoms with Crippen LogP contribution in [0.15, 0.2) is 54.4 Å². The monoisotopic (exact) mass is 448 g/mol. The van der Waals surface area contributed by atoms with Crippen molar-refractivity contribution in [2.75, 3.05) is 20.1 Å². The zero-order chi connectivity index (χ0) is 23.2. The third-order valence-electron chi connectivity index (χ3n) is 7.37. The van der Waals surface area contributed by atoms with E-state index in [1.165, 1.54) is 17.5 Å². The van der Waals surface area contributed by atoms with Crippen molar-refractivity contribution in [2.24, 2.45) is 5.92 Å². The van der Waals surface area contributed by atoms with Gasteiger partial charge in [-0.05, 0) is 75.0 Å². The van der Waals surface area contributed by atoms with Crippen LogP contribution in [0.25, 0.3) is 0 Å². The Kier molecular flexibility index (Phi) is 7.63. The highest BCUT2D eigenvalue weighted by atomic mass is 16.2. The normalized spacial score (nSPS) is 18.0. The van der Waals surface area contributed by atoms with E-state index in [4.69, 9.17) is 0 Å². The van der Waals surface area contributed by atoms with E-state index >= 15 is 0 Å². The van der Waals surface area contributed by atoms with Crippen LogP contribution in [0.3, 0.4) is 0 Å². The summed E-state index contributed by atoms with van der Waals surface area (Å²) < 4.78 is 1.68. The lowest BCUT2D eigenvalue weighted by Crippen LogP contribution is -2.49. The van der Waals surface area contributed by atoms with Crippen molar-refractivity contribution in [2.45, 2.75) is 64.5 Å². The largest absolute Gasteiger partial charge is 0.341 e. The topological polar surface area (TPSA) is 58.4 Å². The van der Waals surface area contributed by atoms with Gasteiger partial charge in [-0.25, -0.2) is 0 Å². The molecule has 2 amide bonds. The highest BCUT2D eigenvalue weighted by Crippen LogP contribution is 2.29. The second-order valence-corrected chi connectivity index (χ2v) is 9.51. The number of likely N-dealkylation sites (tertiary alicyclic amines) is 1. The van der Waals surface area contributed by atoms with Gasteiger partial charge < -0.3 is 9.80 Å². The Labute approximate surface area is 197 Å². The molecule has 1 fully saturated rings. The zero-order valence-corrected chi connectivity index (χ0v) is 19.9. The molecule has 0 radical (unpaired) electrons. The van der Waals surface area contributed by atoms with E-state index in [0.29, 0.717) is 5.92 Å². The van der Waals surface area contributed by atoms with E-state index in [9.17, 15) is 9.59 Å². The van der Waals surface area contributed by atoms with E-state index in [1.54, 1.807) is 10.9 Å². The van der Waals surface area contributed by atoms with Gasteiger partial charge in [0.1, 0.15) is 6.54 Å². The van der Waals surface area contributed by atoms with E-state index in [-0.39, 0.29) is 24.4 Å². The average molecular weight is 449 g/mol. The summed E-state index contributed by atoms with van der Waals surface area (Å²) in [5.41, 5.74) is 3.54. The SMILES string of the molecule is Cc1ccccc1C[C@@H](C1CCN(C(=O)C2=CCCCC2)CC1)N(C)C(=O)Cn1cccn1. The van der Waals surface area contributed by atoms with Crippen LogP contribution in [0.4, 0.5) is 0 Å². The molecular formula is C27H36N4O2. The summed E-state index contributed by atoms with van der Waals surface area (Å²) in [6.07, 6.45) is 12.6. The Morgan fingerprint density at radius 1 is 1.15 bits per heavy atom. The Bertz CT molecular complexity index is 974. The molecule has 0 bridgehead atoms. The number of likely N-dealkylation sites (N-methyl/N-ethyl adjacent to an activating group) is 1. The van der Waals surface area contributed by atoms with Crippen molar-refractivity contribution < 1.29 is 9.59 Å². The molecule has 33 heavy (non-hydrogen) atoms. The van der Waals surface area contributed by atoms with Crippen molar-refractivity contribution in [1.82, 2.24) is 19.6 Å². The number of hydrogen-bond acceptors (Lipinski definition) is 3. The maximum atomic E-state index is 13.1. The molecule has 0 N–H and O–H groups in total. The highest BCUT2D eigenvalue weighted by Gasteiger charge is 2.33. The molecule has 0 unspecified atom stereocenters. The summed E-state index contributed by atoms with van der Waals surface area (Å²) in [4.78, 5) is 30.1. The van der Waals surface area contributed by atoms with Crippen molar-refractivity contribution in [3.63, 3.8) is 0 Å². The number of allylic oxidation sites excluding steroid dienone is 1. The van der Waals surface area contributed by atoms with E-state index in [1.807, 2.05) is 29.1 Å². The number of rotatable bonds is 7. The van der Waals surface area contributed by atoms with Gasteiger partial charge in [0.05, 0.1) is 0 Å². The number of benzene rings is 1. The zero-order valence-electron chi connectivity index (χ0n) is 19.9. The molecule has 176 valence electrons. The molecule has 2 heterocycles. The highest BCUT2D eigenvalue weighted by molar-refractivity contribution is 5.93. The first-order valence-corrected chi connectivity index (χ1v) is 12.3. The molecule has 6 heteroatoms. The maximum Gasteiger partial charge on any atom is 0.249 e. The quantitative estimate of drug-likeness (QED) is 0.643. The lowest BCUT2D eigenvalue weighted by Gasteiger charge is -2.40. The number of piperidine rings is 1. The van der Waals surface area contributed by atoms with Crippen molar-refractivity contribution in [1.29, 1.82) is 0 Å². The molecule has 0 saturated carbocycles. The Hall–Kier alpha value is -2.89. The van der Waals surface area contributed by atoms with Gasteiger partial charge >= 0.3 is 0 Å². The second kappa shape index (κ2) is 10.8. The lowest BCUT2D eigenvalue weighted by atomic mass is 9.84. The van der Waals surface area contributed by atoms with Gasteiger partial charge in [-0.1, -0.05) is 30.3 Å². The molecular weight excluding hydrogens is 412 g/mol. The van der Waals surface area contributed by atoms with Crippen LogP contribution in [0, 0.1) is 12.8 Å². The first-order valence-electron chi connectivity index (χ1n) is 12.3. The fraction of sp³-hybridized carbons (Fsp3) is 0.519. The molecule has 2 aliphatic rings. The third-order valence-corrected chi connectivity index (χ3v) is 7.37. The van der Waals surface area contributed by atoms with Gasteiger partial charge in [0.25, 0.3) is 0 Å². The summed E-state index contributed by atoms with van der Waals surface area (Å²) in [5.74, 6) is 0.662. The van der Waals surface area contributed by atoms with Crippen molar-refractivity contribution in [3.8, 4) is 0 Å². The van der Waals surface area contributed by atoms with Crippen LogP contribution >= 0.6 is 0 Å². The predicted octanol–water partition coefficient (Wildman–Crippen LogP) is 4.00. The number of amides is 2. The Balaban J connectivity index is 1.46. The van der Waals surface area contributed by atoms with Gasteiger partial charge in [0.2, 0.25) is 11.8 Å². The summed E-state index contributed by atoms with van der Waals surface area (Å²) in [7, 11) is 1.93. The summed E-state index contributed by atoms with van der Waals surface area (Å²) in [5, 5.41) is 4.20. The fourth-order valence-electron chi connectivity index (χ4n) is 5.24. The van der Waals surface area contributed by atoms with Gasteiger partial charge in [-0.3, -0.25) is 14.3 Å². The van der Waals surface area contributed by atoms with E-state index < -0.39 is 0 Å². The number of hydrogen-bond donors (Lipinski definition) is 0. The average Bonchev–Trinajstić information content (AvgIpc) is 3.36. The van der Waals surface area contributed by atoms with Crippen LogP contribution < -0.4 is 0 Å². The number of aryl methyl sites for hydroxylation is 1. The fourth-order valence-corrected chi connectivity index (χ4v) is 5.24. The lowest BCUT2D eigenvalue weighted by molar-refractivity contribution is -0.135. The van der Waals surface area contributed by atoms with Crippen LogP contribution in [-0.2, 0) is 22.6 Å².